The molecule has 1 saturated heterocycles. The van der Waals surface area contributed by atoms with Crippen molar-refractivity contribution in [1.29, 1.82) is 0 Å². The first kappa shape index (κ1) is 16.4. The van der Waals surface area contributed by atoms with E-state index in [1.54, 1.807) is 12.4 Å². The smallest absolute Gasteiger partial charge is 0.252 e. The van der Waals surface area contributed by atoms with Gasteiger partial charge in [0.2, 0.25) is 0 Å². The molecule has 3 rings (SSSR count). The van der Waals surface area contributed by atoms with Crippen LogP contribution in [0.4, 0.5) is 5.82 Å². The van der Waals surface area contributed by atoms with Gasteiger partial charge in [-0.2, -0.15) is 0 Å². The van der Waals surface area contributed by atoms with E-state index in [4.69, 9.17) is 4.74 Å². The number of ether oxygens (including phenoxy) is 1. The Labute approximate surface area is 141 Å². The summed E-state index contributed by atoms with van der Waals surface area (Å²) in [5.74, 6) is 0.807. The van der Waals surface area contributed by atoms with Gasteiger partial charge in [-0.05, 0) is 37.1 Å². The van der Waals surface area contributed by atoms with Crippen LogP contribution >= 0.6 is 0 Å². The van der Waals surface area contributed by atoms with Crippen LogP contribution in [0.15, 0.2) is 42.7 Å². The summed E-state index contributed by atoms with van der Waals surface area (Å²) in [5.41, 5.74) is 1.63. The number of morpholine rings is 1. The van der Waals surface area contributed by atoms with Crippen molar-refractivity contribution < 1.29 is 9.53 Å². The Morgan fingerprint density at radius 1 is 1.17 bits per heavy atom. The van der Waals surface area contributed by atoms with Crippen LogP contribution in [0.2, 0.25) is 0 Å². The first-order valence-corrected chi connectivity index (χ1v) is 8.30. The zero-order valence-electron chi connectivity index (χ0n) is 13.6. The molecule has 24 heavy (non-hydrogen) atoms. The van der Waals surface area contributed by atoms with Crippen molar-refractivity contribution >= 4 is 11.7 Å². The highest BCUT2D eigenvalue weighted by Crippen LogP contribution is 2.13. The number of aryl methyl sites for hydroxylation is 1. The number of aromatic nitrogens is 2. The fourth-order valence-electron chi connectivity index (χ4n) is 2.62. The monoisotopic (exact) mass is 326 g/mol. The van der Waals surface area contributed by atoms with Gasteiger partial charge < -0.3 is 15.0 Å². The van der Waals surface area contributed by atoms with E-state index in [1.165, 1.54) is 0 Å². The van der Waals surface area contributed by atoms with Gasteiger partial charge in [0.15, 0.2) is 0 Å². The molecule has 2 aromatic heterocycles. The molecule has 0 spiro atoms. The number of nitrogens with one attached hydrogen (secondary N) is 1. The van der Waals surface area contributed by atoms with Crippen molar-refractivity contribution in [2.45, 2.75) is 12.8 Å². The maximum Gasteiger partial charge on any atom is 0.252 e. The molecule has 3 heterocycles. The Morgan fingerprint density at radius 2 is 2.04 bits per heavy atom. The number of anilines is 1. The topological polar surface area (TPSA) is 67.4 Å². The van der Waals surface area contributed by atoms with Crippen LogP contribution in [0.1, 0.15) is 22.5 Å². The van der Waals surface area contributed by atoms with E-state index < -0.39 is 0 Å². The number of carbonyl (C=O) groups is 1. The summed E-state index contributed by atoms with van der Waals surface area (Å²) in [5, 5.41) is 2.93. The fourth-order valence-corrected chi connectivity index (χ4v) is 2.62. The lowest BCUT2D eigenvalue weighted by molar-refractivity contribution is 0.0952. The van der Waals surface area contributed by atoms with Crippen molar-refractivity contribution in [3.8, 4) is 0 Å². The van der Waals surface area contributed by atoms with Crippen LogP contribution in [0.5, 0.6) is 0 Å². The highest BCUT2D eigenvalue weighted by atomic mass is 16.5. The molecule has 6 heteroatoms. The quantitative estimate of drug-likeness (QED) is 0.818. The summed E-state index contributed by atoms with van der Waals surface area (Å²) in [6.45, 7) is 3.75. The SMILES string of the molecule is O=C(NCCCc1ccccn1)c1ccc(N2CCOCC2)nc1. The van der Waals surface area contributed by atoms with Crippen molar-refractivity contribution in [3.05, 3.63) is 54.0 Å². The summed E-state index contributed by atoms with van der Waals surface area (Å²) in [7, 11) is 0. The highest BCUT2D eigenvalue weighted by molar-refractivity contribution is 5.94. The largest absolute Gasteiger partial charge is 0.378 e. The molecular formula is C18H22N4O2. The Kier molecular flexibility index (Phi) is 5.74. The number of pyridine rings is 2. The predicted molar refractivity (Wildman–Crippen MR) is 92.2 cm³/mol. The molecule has 6 nitrogen and oxygen atoms in total. The minimum Gasteiger partial charge on any atom is -0.378 e. The first-order chi connectivity index (χ1) is 11.8. The van der Waals surface area contributed by atoms with Gasteiger partial charge in [0, 0.05) is 37.7 Å². The molecule has 1 aliphatic heterocycles. The van der Waals surface area contributed by atoms with Crippen LogP contribution in [0.25, 0.3) is 0 Å². The zero-order valence-corrected chi connectivity index (χ0v) is 13.6. The molecule has 0 aromatic carbocycles. The van der Waals surface area contributed by atoms with Gasteiger partial charge in [-0.25, -0.2) is 4.98 Å². The van der Waals surface area contributed by atoms with Gasteiger partial charge in [-0.3, -0.25) is 9.78 Å². The molecule has 0 aliphatic carbocycles. The third-order valence-corrected chi connectivity index (χ3v) is 3.97. The van der Waals surface area contributed by atoms with E-state index in [-0.39, 0.29) is 5.91 Å². The van der Waals surface area contributed by atoms with Crippen molar-refractivity contribution in [2.75, 3.05) is 37.7 Å². The van der Waals surface area contributed by atoms with Crippen molar-refractivity contribution in [2.24, 2.45) is 0 Å². The number of amides is 1. The summed E-state index contributed by atoms with van der Waals surface area (Å²) < 4.78 is 5.33. The second kappa shape index (κ2) is 8.40. The van der Waals surface area contributed by atoms with Crippen LogP contribution < -0.4 is 10.2 Å². The molecule has 0 unspecified atom stereocenters. The third-order valence-electron chi connectivity index (χ3n) is 3.97. The number of hydrogen-bond acceptors (Lipinski definition) is 5. The highest BCUT2D eigenvalue weighted by Gasteiger charge is 2.13. The standard InChI is InChI=1S/C18H22N4O2/c23-18(20-9-3-5-16-4-1-2-8-19-16)15-6-7-17(21-14-15)22-10-12-24-13-11-22/h1-2,4,6-8,14H,3,5,9-13H2,(H,20,23). The second-order valence-corrected chi connectivity index (χ2v) is 5.69. The predicted octanol–water partition coefficient (Wildman–Crippen LogP) is 1.68. The average molecular weight is 326 g/mol. The normalized spacial score (nSPS) is 14.4. The van der Waals surface area contributed by atoms with Gasteiger partial charge in [0.1, 0.15) is 5.82 Å². The minimum atomic E-state index is -0.0861. The van der Waals surface area contributed by atoms with Crippen LogP contribution in [0.3, 0.4) is 0 Å². The van der Waals surface area contributed by atoms with Gasteiger partial charge in [0.05, 0.1) is 18.8 Å². The lowest BCUT2D eigenvalue weighted by atomic mass is 10.2. The Hall–Kier alpha value is -2.47. The van der Waals surface area contributed by atoms with Crippen LogP contribution in [-0.4, -0.2) is 48.7 Å². The number of hydrogen-bond donors (Lipinski definition) is 1. The number of rotatable bonds is 6. The van der Waals surface area contributed by atoms with Crippen LogP contribution in [-0.2, 0) is 11.2 Å². The Morgan fingerprint density at radius 3 is 2.75 bits per heavy atom. The van der Waals surface area contributed by atoms with E-state index >= 15 is 0 Å². The summed E-state index contributed by atoms with van der Waals surface area (Å²) >= 11 is 0. The van der Waals surface area contributed by atoms with Gasteiger partial charge in [-0.15, -0.1) is 0 Å². The maximum absolute atomic E-state index is 12.1. The molecule has 1 N–H and O–H groups in total. The summed E-state index contributed by atoms with van der Waals surface area (Å²) in [6, 6.07) is 9.59. The third kappa shape index (κ3) is 4.52. The van der Waals surface area contributed by atoms with E-state index in [0.29, 0.717) is 12.1 Å². The van der Waals surface area contributed by atoms with Crippen LogP contribution in [0, 0.1) is 0 Å². The molecule has 0 radical (unpaired) electrons. The lowest BCUT2D eigenvalue weighted by Gasteiger charge is -2.27. The molecular weight excluding hydrogens is 304 g/mol. The number of carbonyl (C=O) groups excluding carboxylic acids is 1. The molecule has 0 saturated carbocycles. The summed E-state index contributed by atoms with van der Waals surface area (Å²) in [4.78, 5) is 23.0. The molecule has 1 fully saturated rings. The fraction of sp³-hybridized carbons (Fsp3) is 0.389. The Bertz CT molecular complexity index is 640. The van der Waals surface area contributed by atoms with E-state index in [9.17, 15) is 4.79 Å². The van der Waals surface area contributed by atoms with Crippen molar-refractivity contribution in [1.82, 2.24) is 15.3 Å². The van der Waals surface area contributed by atoms with E-state index in [0.717, 1.165) is 50.7 Å². The van der Waals surface area contributed by atoms with E-state index in [1.807, 2.05) is 30.3 Å². The molecule has 0 atom stereocenters. The average Bonchev–Trinajstić information content (AvgIpc) is 2.67. The molecule has 1 aliphatic rings. The zero-order chi connectivity index (χ0) is 16.6. The van der Waals surface area contributed by atoms with Gasteiger partial charge in [-0.1, -0.05) is 6.07 Å². The molecule has 126 valence electrons. The van der Waals surface area contributed by atoms with Gasteiger partial charge >= 0.3 is 0 Å². The van der Waals surface area contributed by atoms with Crippen molar-refractivity contribution in [3.63, 3.8) is 0 Å². The second-order valence-electron chi connectivity index (χ2n) is 5.69. The number of nitrogens with zero attached hydrogens (tertiary/aromatic N) is 3. The maximum atomic E-state index is 12.1. The first-order valence-electron chi connectivity index (χ1n) is 8.30. The molecule has 1 amide bonds. The molecule has 0 bridgehead atoms. The summed E-state index contributed by atoms with van der Waals surface area (Å²) in [6.07, 6.45) is 5.14. The van der Waals surface area contributed by atoms with E-state index in [2.05, 4.69) is 20.2 Å². The molecule has 2 aromatic rings. The minimum absolute atomic E-state index is 0.0861. The van der Waals surface area contributed by atoms with Gasteiger partial charge in [0.25, 0.3) is 5.91 Å². The lowest BCUT2D eigenvalue weighted by Crippen LogP contribution is -2.36. The Balaban J connectivity index is 1.44.